The molecule has 3 atom stereocenters. The Labute approximate surface area is 119 Å². The minimum absolute atomic E-state index is 0.0203. The predicted molar refractivity (Wildman–Crippen MR) is 76.2 cm³/mol. The highest BCUT2D eigenvalue weighted by atomic mass is 16.5. The van der Waals surface area contributed by atoms with Crippen molar-refractivity contribution in [1.82, 2.24) is 5.32 Å². The molecule has 5 nitrogen and oxygen atoms in total. The number of hydrogen-bond acceptors (Lipinski definition) is 4. The molecule has 1 amide bonds. The van der Waals surface area contributed by atoms with Crippen LogP contribution >= 0.6 is 0 Å². The van der Waals surface area contributed by atoms with Crippen LogP contribution in [0.1, 0.15) is 24.8 Å². The second kappa shape index (κ2) is 7.26. The lowest BCUT2D eigenvalue weighted by atomic mass is 9.89. The van der Waals surface area contributed by atoms with E-state index in [1.165, 1.54) is 0 Å². The fourth-order valence-corrected chi connectivity index (χ4v) is 2.55. The van der Waals surface area contributed by atoms with Crippen LogP contribution in [0.5, 0.6) is 0 Å². The molecule has 2 rings (SSSR count). The van der Waals surface area contributed by atoms with Crippen LogP contribution in [0, 0.1) is 0 Å². The molecule has 1 saturated carbocycles. The third-order valence-corrected chi connectivity index (χ3v) is 3.57. The van der Waals surface area contributed by atoms with E-state index in [0.717, 1.165) is 24.8 Å². The molecule has 0 radical (unpaired) electrons. The zero-order valence-electron chi connectivity index (χ0n) is 11.7. The average molecular weight is 278 g/mol. The lowest BCUT2D eigenvalue weighted by Gasteiger charge is -2.32. The van der Waals surface area contributed by atoms with Crippen molar-refractivity contribution in [3.63, 3.8) is 0 Å². The molecule has 20 heavy (non-hydrogen) atoms. The molecule has 1 aliphatic carbocycles. The summed E-state index contributed by atoms with van der Waals surface area (Å²) in [6.45, 7) is 0.277. The molecule has 1 aromatic rings. The molecule has 0 bridgehead atoms. The van der Waals surface area contributed by atoms with Gasteiger partial charge in [0.2, 0.25) is 0 Å². The normalized spacial score (nSPS) is 26.0. The highest BCUT2D eigenvalue weighted by Crippen LogP contribution is 2.20. The van der Waals surface area contributed by atoms with E-state index in [9.17, 15) is 4.79 Å². The van der Waals surface area contributed by atoms with Gasteiger partial charge >= 0.3 is 6.09 Å². The van der Waals surface area contributed by atoms with Crippen molar-refractivity contribution in [3.8, 4) is 0 Å². The number of nitrogens with one attached hydrogen (secondary N) is 1. The van der Waals surface area contributed by atoms with Crippen molar-refractivity contribution in [1.29, 1.82) is 0 Å². The van der Waals surface area contributed by atoms with Crippen LogP contribution in [0.15, 0.2) is 30.3 Å². The first-order chi connectivity index (χ1) is 9.67. The van der Waals surface area contributed by atoms with Crippen LogP contribution in [-0.4, -0.2) is 31.4 Å². The van der Waals surface area contributed by atoms with Gasteiger partial charge in [-0.3, -0.25) is 0 Å². The number of carbonyl (C=O) groups is 1. The highest BCUT2D eigenvalue weighted by molar-refractivity contribution is 5.67. The lowest BCUT2D eigenvalue weighted by molar-refractivity contribution is 0.0499. The molecule has 3 N–H and O–H groups in total. The van der Waals surface area contributed by atoms with Gasteiger partial charge < -0.3 is 20.5 Å². The van der Waals surface area contributed by atoms with Gasteiger partial charge in [-0.2, -0.15) is 0 Å². The molecule has 1 aliphatic rings. The molecule has 1 aromatic carbocycles. The molecule has 0 aromatic heterocycles. The third-order valence-electron chi connectivity index (χ3n) is 3.57. The second-order valence-corrected chi connectivity index (χ2v) is 5.23. The number of hydrogen-bond donors (Lipinski definition) is 2. The maximum Gasteiger partial charge on any atom is 0.407 e. The molecule has 0 unspecified atom stereocenters. The smallest absolute Gasteiger partial charge is 0.407 e. The van der Waals surface area contributed by atoms with Crippen LogP contribution < -0.4 is 11.1 Å². The molecule has 0 aliphatic heterocycles. The van der Waals surface area contributed by atoms with E-state index in [2.05, 4.69) is 5.32 Å². The first-order valence-electron chi connectivity index (χ1n) is 6.93. The first kappa shape index (κ1) is 14.8. The Morgan fingerprint density at radius 3 is 2.75 bits per heavy atom. The SMILES string of the molecule is CO[C@H]1C[C@@H](N)C[C@@H](NC(=O)OCc2ccccc2)C1. The molecule has 110 valence electrons. The molecular formula is C15H22N2O3. The number of benzene rings is 1. The second-order valence-electron chi connectivity index (χ2n) is 5.23. The number of rotatable bonds is 4. The number of nitrogens with two attached hydrogens (primary N) is 1. The van der Waals surface area contributed by atoms with Gasteiger partial charge in [0.05, 0.1) is 6.10 Å². The van der Waals surface area contributed by atoms with Crippen LogP contribution in [0.3, 0.4) is 0 Å². The summed E-state index contributed by atoms with van der Waals surface area (Å²) in [4.78, 5) is 11.8. The molecular weight excluding hydrogens is 256 g/mol. The third kappa shape index (κ3) is 4.51. The van der Waals surface area contributed by atoms with Gasteiger partial charge in [0.15, 0.2) is 0 Å². The lowest BCUT2D eigenvalue weighted by Crippen LogP contribution is -2.47. The maximum atomic E-state index is 11.8. The van der Waals surface area contributed by atoms with E-state index in [1.54, 1.807) is 7.11 Å². The quantitative estimate of drug-likeness (QED) is 0.881. The van der Waals surface area contributed by atoms with E-state index in [4.69, 9.17) is 15.2 Å². The van der Waals surface area contributed by atoms with Gasteiger partial charge in [-0.25, -0.2) is 4.79 Å². The summed E-state index contributed by atoms with van der Waals surface area (Å²) in [6, 6.07) is 9.69. The minimum Gasteiger partial charge on any atom is -0.445 e. The summed E-state index contributed by atoms with van der Waals surface area (Å²) >= 11 is 0. The summed E-state index contributed by atoms with van der Waals surface area (Å²) in [6.07, 6.45) is 2.10. The highest BCUT2D eigenvalue weighted by Gasteiger charge is 2.28. The fourth-order valence-electron chi connectivity index (χ4n) is 2.55. The van der Waals surface area contributed by atoms with Crippen LogP contribution in [-0.2, 0) is 16.1 Å². The molecule has 0 spiro atoms. The van der Waals surface area contributed by atoms with Gasteiger partial charge in [-0.1, -0.05) is 30.3 Å². The van der Waals surface area contributed by atoms with E-state index in [-0.39, 0.29) is 24.8 Å². The standard InChI is InChI=1S/C15H22N2O3/c1-19-14-8-12(16)7-13(9-14)17-15(18)20-10-11-5-3-2-4-6-11/h2-6,12-14H,7-10,16H2,1H3,(H,17,18)/t12-,13+,14-/m0/s1. The Morgan fingerprint density at radius 2 is 2.05 bits per heavy atom. The zero-order valence-corrected chi connectivity index (χ0v) is 11.7. The number of amides is 1. The van der Waals surface area contributed by atoms with E-state index < -0.39 is 6.09 Å². The van der Waals surface area contributed by atoms with Crippen molar-refractivity contribution < 1.29 is 14.3 Å². The number of alkyl carbamates (subject to hydrolysis) is 1. The summed E-state index contributed by atoms with van der Waals surface area (Å²) in [7, 11) is 1.67. The minimum atomic E-state index is -0.400. The van der Waals surface area contributed by atoms with Gasteiger partial charge in [0.25, 0.3) is 0 Å². The van der Waals surface area contributed by atoms with E-state index in [0.29, 0.717) is 0 Å². The van der Waals surface area contributed by atoms with Crippen molar-refractivity contribution in [2.45, 2.75) is 44.1 Å². The van der Waals surface area contributed by atoms with E-state index >= 15 is 0 Å². The Balaban J connectivity index is 1.76. The molecule has 0 saturated heterocycles. The summed E-state index contributed by atoms with van der Waals surface area (Å²) in [5, 5.41) is 2.86. The van der Waals surface area contributed by atoms with Crippen molar-refractivity contribution in [2.24, 2.45) is 5.73 Å². The van der Waals surface area contributed by atoms with Gasteiger partial charge in [0.1, 0.15) is 6.61 Å². The zero-order chi connectivity index (χ0) is 14.4. The summed E-state index contributed by atoms with van der Waals surface area (Å²) in [5.41, 5.74) is 6.93. The summed E-state index contributed by atoms with van der Waals surface area (Å²) in [5.74, 6) is 0. The Kier molecular flexibility index (Phi) is 5.38. The number of methoxy groups -OCH3 is 1. The first-order valence-corrected chi connectivity index (χ1v) is 6.93. The van der Waals surface area contributed by atoms with Crippen LogP contribution in [0.2, 0.25) is 0 Å². The number of ether oxygens (including phenoxy) is 2. The Hall–Kier alpha value is -1.59. The monoisotopic (exact) mass is 278 g/mol. The maximum absolute atomic E-state index is 11.8. The average Bonchev–Trinajstić information content (AvgIpc) is 2.45. The molecule has 5 heteroatoms. The summed E-state index contributed by atoms with van der Waals surface area (Å²) < 4.78 is 10.5. The number of carbonyl (C=O) groups excluding carboxylic acids is 1. The molecule has 0 heterocycles. The van der Waals surface area contributed by atoms with Gasteiger partial charge in [-0.15, -0.1) is 0 Å². The largest absolute Gasteiger partial charge is 0.445 e. The van der Waals surface area contributed by atoms with Crippen molar-refractivity contribution in [3.05, 3.63) is 35.9 Å². The van der Waals surface area contributed by atoms with Crippen molar-refractivity contribution >= 4 is 6.09 Å². The predicted octanol–water partition coefficient (Wildman–Crippen LogP) is 1.81. The van der Waals surface area contributed by atoms with Gasteiger partial charge in [-0.05, 0) is 24.8 Å². The van der Waals surface area contributed by atoms with Crippen LogP contribution in [0.4, 0.5) is 4.79 Å². The molecule has 1 fully saturated rings. The van der Waals surface area contributed by atoms with Crippen molar-refractivity contribution in [2.75, 3.05) is 7.11 Å². The fraction of sp³-hybridized carbons (Fsp3) is 0.533. The topological polar surface area (TPSA) is 73.6 Å². The van der Waals surface area contributed by atoms with Crippen LogP contribution in [0.25, 0.3) is 0 Å². The van der Waals surface area contributed by atoms with Gasteiger partial charge in [0, 0.05) is 19.2 Å². The van der Waals surface area contributed by atoms with E-state index in [1.807, 2.05) is 30.3 Å². The Bertz CT molecular complexity index is 424. The Morgan fingerprint density at radius 1 is 1.30 bits per heavy atom.